The fourth-order valence-electron chi connectivity index (χ4n) is 4.73. The van der Waals surface area contributed by atoms with Crippen molar-refractivity contribution in [3.8, 4) is 0 Å². The number of carbonyl (C=O) groups is 1. The maximum absolute atomic E-state index is 11.4. The highest BCUT2D eigenvalue weighted by atomic mass is 16.2. The van der Waals surface area contributed by atoms with Gasteiger partial charge in [0.15, 0.2) is 5.84 Å². The summed E-state index contributed by atoms with van der Waals surface area (Å²) in [5, 5.41) is 15.5. The summed E-state index contributed by atoms with van der Waals surface area (Å²) < 4.78 is 1.97. The normalized spacial score (nSPS) is 27.8. The van der Waals surface area contributed by atoms with Gasteiger partial charge in [-0.25, -0.2) is 5.01 Å². The molecular weight excluding hydrogens is 416 g/mol. The number of rotatable bonds is 4. The van der Waals surface area contributed by atoms with Crippen molar-refractivity contribution < 1.29 is 4.79 Å². The number of fused-ring (bicyclic) bond motifs is 2. The Morgan fingerprint density at radius 1 is 1.21 bits per heavy atom. The van der Waals surface area contributed by atoms with E-state index >= 15 is 0 Å². The molecule has 3 unspecified atom stereocenters. The number of carbonyl (C=O) groups excluding carboxylic acids is 1. The predicted molar refractivity (Wildman–Crippen MR) is 128 cm³/mol. The van der Waals surface area contributed by atoms with E-state index in [1.54, 1.807) is 6.92 Å². The highest BCUT2D eigenvalue weighted by Crippen LogP contribution is 2.31. The smallest absolute Gasteiger partial charge is 0.219 e. The number of hydrogen-bond acceptors (Lipinski definition) is 7. The van der Waals surface area contributed by atoms with Gasteiger partial charge in [0.05, 0.1) is 24.0 Å². The Morgan fingerprint density at radius 2 is 2.09 bits per heavy atom. The van der Waals surface area contributed by atoms with Crippen LogP contribution in [0, 0.1) is 5.92 Å². The summed E-state index contributed by atoms with van der Waals surface area (Å²) in [4.78, 5) is 18.1. The van der Waals surface area contributed by atoms with Crippen LogP contribution in [0.2, 0.25) is 0 Å². The monoisotopic (exact) mass is 442 g/mol. The number of aliphatic imine (C=N–C) groups is 1. The SMILES string of the molecule is CC(=O)N1CC(n2cc(C3=CC4C=C(CC5NN=C6C=CC(C)=NN65)C=CC4N=C3)cn2)C1. The Balaban J connectivity index is 1.15. The third kappa shape index (κ3) is 3.63. The van der Waals surface area contributed by atoms with Crippen LogP contribution in [0.1, 0.15) is 31.9 Å². The summed E-state index contributed by atoms with van der Waals surface area (Å²) >= 11 is 0. The van der Waals surface area contributed by atoms with Crippen molar-refractivity contribution in [1.29, 1.82) is 0 Å². The second-order valence-corrected chi connectivity index (χ2v) is 9.09. The largest absolute Gasteiger partial charge is 0.339 e. The van der Waals surface area contributed by atoms with Gasteiger partial charge >= 0.3 is 0 Å². The second-order valence-electron chi connectivity index (χ2n) is 9.09. The minimum absolute atomic E-state index is 0.0122. The number of hydrogen-bond donors (Lipinski definition) is 1. The fourth-order valence-corrected chi connectivity index (χ4v) is 4.73. The quantitative estimate of drug-likeness (QED) is 0.773. The molecule has 6 rings (SSSR count). The van der Waals surface area contributed by atoms with E-state index in [9.17, 15) is 4.79 Å². The lowest BCUT2D eigenvalue weighted by Crippen LogP contribution is -2.49. The molecule has 1 N–H and O–H groups in total. The van der Waals surface area contributed by atoms with E-state index in [1.165, 1.54) is 5.57 Å². The zero-order chi connectivity index (χ0) is 22.5. The molecular formula is C24H26N8O. The van der Waals surface area contributed by atoms with E-state index in [2.05, 4.69) is 51.2 Å². The van der Waals surface area contributed by atoms with Crippen molar-refractivity contribution in [1.82, 2.24) is 25.1 Å². The first-order valence-corrected chi connectivity index (χ1v) is 11.3. The molecule has 4 aliphatic heterocycles. The maximum Gasteiger partial charge on any atom is 0.219 e. The second kappa shape index (κ2) is 7.68. The molecule has 168 valence electrons. The Kier molecular flexibility index (Phi) is 4.63. The average molecular weight is 443 g/mol. The molecule has 0 aromatic carbocycles. The number of nitrogens with zero attached hydrogens (tertiary/aromatic N) is 7. The van der Waals surface area contributed by atoms with Crippen LogP contribution in [0.25, 0.3) is 5.57 Å². The number of likely N-dealkylation sites (tertiary alicyclic amines) is 1. The van der Waals surface area contributed by atoms with Gasteiger partial charge in [-0.2, -0.15) is 15.3 Å². The van der Waals surface area contributed by atoms with Crippen LogP contribution in [0.4, 0.5) is 0 Å². The maximum atomic E-state index is 11.4. The predicted octanol–water partition coefficient (Wildman–Crippen LogP) is 2.12. The summed E-state index contributed by atoms with van der Waals surface area (Å²) in [7, 11) is 0. The zero-order valence-corrected chi connectivity index (χ0v) is 18.7. The molecule has 5 aliphatic rings. The number of dihydropyridines is 1. The molecule has 0 saturated carbocycles. The van der Waals surface area contributed by atoms with E-state index in [0.717, 1.165) is 42.2 Å². The van der Waals surface area contributed by atoms with Crippen LogP contribution >= 0.6 is 0 Å². The number of hydrazone groups is 2. The van der Waals surface area contributed by atoms with Crippen molar-refractivity contribution in [3.05, 3.63) is 60.0 Å². The van der Waals surface area contributed by atoms with E-state index in [0.29, 0.717) is 0 Å². The van der Waals surface area contributed by atoms with Crippen molar-refractivity contribution in [2.45, 2.75) is 38.5 Å². The third-order valence-electron chi connectivity index (χ3n) is 6.71. The lowest BCUT2D eigenvalue weighted by atomic mass is 9.86. The molecule has 1 aromatic rings. The van der Waals surface area contributed by atoms with Crippen LogP contribution in [0.15, 0.2) is 69.6 Å². The highest BCUT2D eigenvalue weighted by Gasteiger charge is 2.32. The summed E-state index contributed by atoms with van der Waals surface area (Å²) in [6.45, 7) is 5.05. The molecule has 0 bridgehead atoms. The minimum Gasteiger partial charge on any atom is -0.339 e. The molecule has 33 heavy (non-hydrogen) atoms. The molecule has 1 aliphatic carbocycles. The van der Waals surface area contributed by atoms with E-state index in [4.69, 9.17) is 4.99 Å². The standard InChI is InChI=1S/C24H26N8O/c1-15-3-6-23-27-28-24(32(23)29-15)8-17-4-5-22-18(7-17)9-19(10-25-22)20-11-26-31(12-20)21-13-30(14-21)16(2)33/h3-7,9-12,18,21-22,24,28H,8,13-14H2,1-2H3. The molecule has 9 heteroatoms. The van der Waals surface area contributed by atoms with Crippen LogP contribution in [-0.2, 0) is 4.79 Å². The van der Waals surface area contributed by atoms with Crippen molar-refractivity contribution in [2.24, 2.45) is 21.1 Å². The number of amidine groups is 1. The first-order chi connectivity index (χ1) is 16.0. The van der Waals surface area contributed by atoms with E-state index in [-0.39, 0.29) is 30.1 Å². The Morgan fingerprint density at radius 3 is 2.94 bits per heavy atom. The first-order valence-electron chi connectivity index (χ1n) is 11.3. The highest BCUT2D eigenvalue weighted by molar-refractivity contribution is 6.10. The summed E-state index contributed by atoms with van der Waals surface area (Å²) in [6.07, 6.45) is 19.6. The summed E-state index contributed by atoms with van der Waals surface area (Å²) in [6, 6.07) is 0.382. The molecule has 0 radical (unpaired) electrons. The number of allylic oxidation sites excluding steroid dienone is 3. The molecule has 1 saturated heterocycles. The molecule has 9 nitrogen and oxygen atoms in total. The molecule has 5 heterocycles. The van der Waals surface area contributed by atoms with Crippen LogP contribution in [0.5, 0.6) is 0 Å². The number of nitrogens with one attached hydrogen (secondary N) is 1. The first kappa shape index (κ1) is 19.9. The van der Waals surface area contributed by atoms with Crippen LogP contribution in [-0.4, -0.2) is 68.7 Å². The summed E-state index contributed by atoms with van der Waals surface area (Å²) in [5.41, 5.74) is 7.57. The Bertz CT molecular complexity index is 1210. The topological polar surface area (TPSA) is 90.5 Å². The Hall–Kier alpha value is -3.75. The van der Waals surface area contributed by atoms with Crippen molar-refractivity contribution in [3.63, 3.8) is 0 Å². The van der Waals surface area contributed by atoms with Gasteiger partial charge in [0.25, 0.3) is 0 Å². The Labute approximate surface area is 192 Å². The fraction of sp³-hybridized carbons (Fsp3) is 0.375. The van der Waals surface area contributed by atoms with Gasteiger partial charge in [0, 0.05) is 50.3 Å². The molecule has 3 atom stereocenters. The molecule has 1 amide bonds. The molecule has 1 aromatic heterocycles. The third-order valence-corrected chi connectivity index (χ3v) is 6.71. The van der Waals surface area contributed by atoms with Gasteiger partial charge in [-0.3, -0.25) is 19.9 Å². The van der Waals surface area contributed by atoms with E-state index in [1.807, 2.05) is 46.1 Å². The van der Waals surface area contributed by atoms with Crippen molar-refractivity contribution >= 4 is 29.2 Å². The number of amides is 1. The molecule has 1 fully saturated rings. The van der Waals surface area contributed by atoms with Gasteiger partial charge in [-0.05, 0) is 30.2 Å². The van der Waals surface area contributed by atoms with Crippen LogP contribution < -0.4 is 5.43 Å². The summed E-state index contributed by atoms with van der Waals surface area (Å²) in [5.74, 6) is 1.18. The van der Waals surface area contributed by atoms with Crippen LogP contribution in [0.3, 0.4) is 0 Å². The van der Waals surface area contributed by atoms with Crippen molar-refractivity contribution in [2.75, 3.05) is 13.1 Å². The lowest BCUT2D eigenvalue weighted by molar-refractivity contribution is -0.134. The van der Waals surface area contributed by atoms with Gasteiger partial charge < -0.3 is 4.90 Å². The van der Waals surface area contributed by atoms with Gasteiger partial charge in [-0.1, -0.05) is 24.3 Å². The van der Waals surface area contributed by atoms with Gasteiger partial charge in [-0.15, -0.1) is 0 Å². The minimum atomic E-state index is 0.0122. The zero-order valence-electron chi connectivity index (χ0n) is 18.7. The molecule has 0 spiro atoms. The van der Waals surface area contributed by atoms with Gasteiger partial charge in [0.1, 0.15) is 6.17 Å². The lowest BCUT2D eigenvalue weighted by Gasteiger charge is -2.38. The number of aromatic nitrogens is 2. The van der Waals surface area contributed by atoms with E-state index < -0.39 is 0 Å². The van der Waals surface area contributed by atoms with Gasteiger partial charge in [0.2, 0.25) is 5.91 Å². The average Bonchev–Trinajstić information content (AvgIpc) is 3.40.